The predicted molar refractivity (Wildman–Crippen MR) is 111 cm³/mol. The second kappa shape index (κ2) is 9.69. The highest BCUT2D eigenvalue weighted by atomic mass is 16.5. The normalized spacial score (nSPS) is 14.5. The number of carbonyl (C=O) groups excluding carboxylic acids is 1. The first-order chi connectivity index (χ1) is 14.0. The Kier molecular flexibility index (Phi) is 7.04. The molecule has 6 heteroatoms. The third-order valence-electron chi connectivity index (χ3n) is 4.86. The summed E-state index contributed by atoms with van der Waals surface area (Å²) in [5.41, 5.74) is 3.06. The van der Waals surface area contributed by atoms with E-state index in [-0.39, 0.29) is 17.3 Å². The van der Waals surface area contributed by atoms with Crippen molar-refractivity contribution < 1.29 is 24.1 Å². The third-order valence-corrected chi connectivity index (χ3v) is 4.86. The van der Waals surface area contributed by atoms with Crippen LogP contribution in [0.4, 0.5) is 0 Å². The van der Waals surface area contributed by atoms with Crippen molar-refractivity contribution >= 4 is 11.9 Å². The minimum atomic E-state index is -0.178. The number of rotatable bonds is 9. The molecule has 0 atom stereocenters. The third kappa shape index (κ3) is 5.03. The quantitative estimate of drug-likeness (QED) is 0.654. The second-order valence-corrected chi connectivity index (χ2v) is 7.06. The van der Waals surface area contributed by atoms with Crippen molar-refractivity contribution in [3.63, 3.8) is 0 Å². The van der Waals surface area contributed by atoms with Crippen molar-refractivity contribution in [2.24, 2.45) is 0 Å². The van der Waals surface area contributed by atoms with E-state index in [1.807, 2.05) is 31.2 Å². The molecule has 29 heavy (non-hydrogen) atoms. The van der Waals surface area contributed by atoms with Gasteiger partial charge in [0.1, 0.15) is 11.5 Å². The van der Waals surface area contributed by atoms with Gasteiger partial charge in [0.15, 0.2) is 5.76 Å². The molecular formula is C23H27NO5. The molecule has 2 aromatic carbocycles. The summed E-state index contributed by atoms with van der Waals surface area (Å²) in [4.78, 5) is 14.9. The zero-order valence-corrected chi connectivity index (χ0v) is 17.1. The van der Waals surface area contributed by atoms with Gasteiger partial charge in [-0.15, -0.1) is 0 Å². The molecule has 0 saturated heterocycles. The molecule has 1 aliphatic heterocycles. The lowest BCUT2D eigenvalue weighted by Crippen LogP contribution is -2.30. The van der Waals surface area contributed by atoms with E-state index in [1.165, 1.54) is 0 Å². The van der Waals surface area contributed by atoms with E-state index in [1.54, 1.807) is 32.4 Å². The first-order valence-electron chi connectivity index (χ1n) is 9.59. The lowest BCUT2D eigenvalue weighted by atomic mass is 10.0. The van der Waals surface area contributed by atoms with Crippen LogP contribution in [0.2, 0.25) is 0 Å². The van der Waals surface area contributed by atoms with E-state index in [2.05, 4.69) is 4.90 Å². The van der Waals surface area contributed by atoms with Crippen molar-refractivity contribution in [1.29, 1.82) is 0 Å². The number of nitrogens with zero attached hydrogens (tertiary/aromatic N) is 1. The Hall–Kier alpha value is -2.67. The number of benzene rings is 2. The van der Waals surface area contributed by atoms with Crippen LogP contribution in [0, 0.1) is 6.92 Å². The molecule has 6 nitrogen and oxygen atoms in total. The van der Waals surface area contributed by atoms with E-state index in [4.69, 9.17) is 14.2 Å². The molecule has 0 radical (unpaired) electrons. The van der Waals surface area contributed by atoms with E-state index in [0.717, 1.165) is 11.1 Å². The van der Waals surface area contributed by atoms with Crippen LogP contribution in [0.25, 0.3) is 6.08 Å². The summed E-state index contributed by atoms with van der Waals surface area (Å²) >= 11 is 0. The van der Waals surface area contributed by atoms with Crippen molar-refractivity contribution in [3.05, 3.63) is 64.4 Å². The van der Waals surface area contributed by atoms with Crippen molar-refractivity contribution in [1.82, 2.24) is 4.90 Å². The average molecular weight is 397 g/mol. The van der Waals surface area contributed by atoms with Crippen LogP contribution in [-0.4, -0.2) is 56.3 Å². The Labute approximate surface area is 171 Å². The van der Waals surface area contributed by atoms with E-state index < -0.39 is 0 Å². The lowest BCUT2D eigenvalue weighted by molar-refractivity contribution is 0.101. The molecule has 0 amide bonds. The summed E-state index contributed by atoms with van der Waals surface area (Å²) in [5, 5.41) is 10.5. The molecule has 0 aliphatic carbocycles. The number of methoxy groups -OCH3 is 2. The zero-order valence-electron chi connectivity index (χ0n) is 17.1. The number of aryl methyl sites for hydroxylation is 1. The van der Waals surface area contributed by atoms with E-state index in [0.29, 0.717) is 49.7 Å². The molecule has 1 N–H and O–H groups in total. The maximum absolute atomic E-state index is 12.9. The molecule has 0 unspecified atom stereocenters. The van der Waals surface area contributed by atoms with Crippen LogP contribution in [0.1, 0.15) is 27.0 Å². The Morgan fingerprint density at radius 1 is 1.10 bits per heavy atom. The fourth-order valence-electron chi connectivity index (χ4n) is 3.30. The van der Waals surface area contributed by atoms with Gasteiger partial charge in [-0.2, -0.15) is 0 Å². The van der Waals surface area contributed by atoms with Crippen LogP contribution in [0.15, 0.2) is 42.2 Å². The van der Waals surface area contributed by atoms with Gasteiger partial charge in [0.2, 0.25) is 5.78 Å². The minimum Gasteiger partial charge on any atom is -0.507 e. The van der Waals surface area contributed by atoms with Crippen LogP contribution < -0.4 is 4.74 Å². The van der Waals surface area contributed by atoms with Gasteiger partial charge in [-0.25, -0.2) is 0 Å². The van der Waals surface area contributed by atoms with Gasteiger partial charge in [-0.1, -0.05) is 29.8 Å². The molecule has 0 aromatic heterocycles. The number of carbonyl (C=O) groups is 1. The van der Waals surface area contributed by atoms with Crippen LogP contribution in [0.3, 0.4) is 0 Å². The predicted octanol–water partition coefficient (Wildman–Crippen LogP) is 3.41. The molecule has 0 bridgehead atoms. The monoisotopic (exact) mass is 397 g/mol. The topological polar surface area (TPSA) is 68.2 Å². The highest BCUT2D eigenvalue weighted by Crippen LogP contribution is 2.40. The standard InChI is InChI=1S/C23H27NO5/c1-16-5-4-6-17(13-16)14-21-22(26)18-7-8-20(25)19(23(18)29-21)15-24(9-11-27-2)10-12-28-3/h4-8,13-14,25H,9-12,15H2,1-3H3/b21-14+. The number of ether oxygens (including phenoxy) is 3. The summed E-state index contributed by atoms with van der Waals surface area (Å²) in [6, 6.07) is 11.0. The zero-order chi connectivity index (χ0) is 20.8. The van der Waals surface area contributed by atoms with Gasteiger partial charge in [-0.3, -0.25) is 9.69 Å². The maximum atomic E-state index is 12.9. The lowest BCUT2D eigenvalue weighted by Gasteiger charge is -2.23. The number of fused-ring (bicyclic) bond motifs is 1. The van der Waals surface area contributed by atoms with Crippen molar-refractivity contribution in [2.45, 2.75) is 13.5 Å². The molecule has 154 valence electrons. The van der Waals surface area contributed by atoms with E-state index in [9.17, 15) is 9.90 Å². The van der Waals surface area contributed by atoms with Crippen molar-refractivity contribution in [3.8, 4) is 11.5 Å². The number of aromatic hydroxyl groups is 1. The molecule has 0 spiro atoms. The number of hydrogen-bond donors (Lipinski definition) is 1. The van der Waals surface area contributed by atoms with Gasteiger partial charge >= 0.3 is 0 Å². The maximum Gasteiger partial charge on any atom is 0.231 e. The highest BCUT2D eigenvalue weighted by Gasteiger charge is 2.31. The van der Waals surface area contributed by atoms with Crippen LogP contribution >= 0.6 is 0 Å². The van der Waals surface area contributed by atoms with E-state index >= 15 is 0 Å². The number of hydrogen-bond acceptors (Lipinski definition) is 6. The Bertz CT molecular complexity index is 898. The smallest absolute Gasteiger partial charge is 0.231 e. The minimum absolute atomic E-state index is 0.105. The van der Waals surface area contributed by atoms with Gasteiger partial charge in [0.05, 0.1) is 24.3 Å². The average Bonchev–Trinajstić information content (AvgIpc) is 3.01. The van der Waals surface area contributed by atoms with Gasteiger partial charge in [-0.05, 0) is 30.7 Å². The number of phenols is 1. The molecule has 3 rings (SSSR count). The molecule has 1 heterocycles. The Morgan fingerprint density at radius 2 is 1.83 bits per heavy atom. The SMILES string of the molecule is COCCN(CCOC)Cc1c(O)ccc2c1O/C(=C/c1cccc(C)c1)C2=O. The molecule has 0 fully saturated rings. The first-order valence-corrected chi connectivity index (χ1v) is 9.59. The first kappa shape index (κ1) is 21.0. The molecule has 1 aliphatic rings. The highest BCUT2D eigenvalue weighted by molar-refractivity contribution is 6.15. The fourth-order valence-corrected chi connectivity index (χ4v) is 3.30. The number of Topliss-reactive ketones (excluding diaryl/α,β-unsaturated/α-hetero) is 1. The van der Waals surface area contributed by atoms with Crippen LogP contribution in [0.5, 0.6) is 11.5 Å². The Balaban J connectivity index is 1.89. The summed E-state index contributed by atoms with van der Waals surface area (Å²) < 4.78 is 16.3. The van der Waals surface area contributed by atoms with Gasteiger partial charge < -0.3 is 19.3 Å². The van der Waals surface area contributed by atoms with Crippen LogP contribution in [-0.2, 0) is 16.0 Å². The second-order valence-electron chi connectivity index (χ2n) is 7.06. The number of phenolic OH excluding ortho intramolecular Hbond substituents is 1. The summed E-state index contributed by atoms with van der Waals surface area (Å²) in [5.74, 6) is 0.614. The summed E-state index contributed by atoms with van der Waals surface area (Å²) in [6.45, 7) is 4.87. The fraction of sp³-hybridized carbons (Fsp3) is 0.348. The van der Waals surface area contributed by atoms with Crippen molar-refractivity contribution in [2.75, 3.05) is 40.5 Å². The van der Waals surface area contributed by atoms with Gasteiger partial charge in [0, 0.05) is 33.9 Å². The number of allylic oxidation sites excluding steroid dienone is 1. The number of ketones is 1. The Morgan fingerprint density at radius 3 is 2.48 bits per heavy atom. The molecule has 0 saturated carbocycles. The van der Waals surface area contributed by atoms with Gasteiger partial charge in [0.25, 0.3) is 0 Å². The summed E-state index contributed by atoms with van der Waals surface area (Å²) in [6.07, 6.45) is 1.74. The summed E-state index contributed by atoms with van der Waals surface area (Å²) in [7, 11) is 3.30. The molecule has 2 aromatic rings. The molecular weight excluding hydrogens is 370 g/mol. The largest absolute Gasteiger partial charge is 0.507 e.